The number of aryl methyl sites for hydroxylation is 1. The Morgan fingerprint density at radius 3 is 2.64 bits per heavy atom. The molecule has 7 heteroatoms. The zero-order valence-corrected chi connectivity index (χ0v) is 18.6. The number of halogens is 2. The van der Waals surface area contributed by atoms with Crippen LogP contribution in [0.3, 0.4) is 0 Å². The van der Waals surface area contributed by atoms with Gasteiger partial charge in [-0.2, -0.15) is 5.10 Å². The molecular weight excluding hydrogens is 422 g/mol. The number of para-hydroxylation sites is 1. The summed E-state index contributed by atoms with van der Waals surface area (Å²) in [7, 11) is 1.84. The molecule has 3 atom stereocenters. The van der Waals surface area contributed by atoms with E-state index in [1.165, 1.54) is 6.08 Å². The first-order valence-electron chi connectivity index (χ1n) is 11.3. The third-order valence-electron chi connectivity index (χ3n) is 7.58. The molecule has 5 nitrogen and oxygen atoms in total. The van der Waals surface area contributed by atoms with Crippen molar-refractivity contribution < 1.29 is 13.9 Å². The van der Waals surface area contributed by atoms with Crippen LogP contribution in [-0.2, 0) is 18.0 Å². The Morgan fingerprint density at radius 1 is 1.15 bits per heavy atom. The molecule has 170 valence electrons. The monoisotopic (exact) mass is 448 g/mol. The molecular formula is C26H26F2N4O. The molecule has 33 heavy (non-hydrogen) atoms. The Balaban J connectivity index is 1.36. The number of rotatable bonds is 3. The number of anilines is 1. The molecule has 1 aromatic heterocycles. The van der Waals surface area contributed by atoms with Gasteiger partial charge in [-0.05, 0) is 36.7 Å². The number of allylic oxidation sites excluding steroid dienone is 2. The van der Waals surface area contributed by atoms with Gasteiger partial charge in [-0.1, -0.05) is 37.3 Å². The van der Waals surface area contributed by atoms with Crippen molar-refractivity contribution >= 4 is 16.6 Å². The summed E-state index contributed by atoms with van der Waals surface area (Å²) in [6.07, 6.45) is 3.38. The van der Waals surface area contributed by atoms with Crippen molar-refractivity contribution in [1.29, 1.82) is 0 Å². The number of benzene rings is 2. The fourth-order valence-corrected chi connectivity index (χ4v) is 5.80. The smallest absolute Gasteiger partial charge is 0.149 e. The molecule has 2 N–H and O–H groups in total. The number of nitrogens with one attached hydrogen (secondary N) is 1. The molecule has 1 fully saturated rings. The van der Waals surface area contributed by atoms with Crippen molar-refractivity contribution in [1.82, 2.24) is 15.1 Å². The summed E-state index contributed by atoms with van der Waals surface area (Å²) < 4.78 is 32.8. The topological polar surface area (TPSA) is 53.3 Å². The Kier molecular flexibility index (Phi) is 4.35. The first-order chi connectivity index (χ1) is 15.8. The predicted octanol–water partition coefficient (Wildman–Crippen LogP) is 4.34. The summed E-state index contributed by atoms with van der Waals surface area (Å²) in [6.45, 7) is 2.64. The van der Waals surface area contributed by atoms with Gasteiger partial charge in [0.05, 0.1) is 17.6 Å². The number of hydrogen-bond acceptors (Lipinski definition) is 4. The van der Waals surface area contributed by atoms with E-state index in [0.29, 0.717) is 0 Å². The van der Waals surface area contributed by atoms with Crippen molar-refractivity contribution in [2.24, 2.45) is 7.05 Å². The second-order valence-electron chi connectivity index (χ2n) is 9.68. The van der Waals surface area contributed by atoms with Gasteiger partial charge in [0, 0.05) is 47.3 Å². The number of fused-ring (bicyclic) bond motifs is 3. The minimum absolute atomic E-state index is 0.0102. The minimum atomic E-state index is -0.880. The summed E-state index contributed by atoms with van der Waals surface area (Å²) in [5, 5.41) is 19.8. The van der Waals surface area contributed by atoms with E-state index in [2.05, 4.69) is 10.4 Å². The van der Waals surface area contributed by atoms with Crippen molar-refractivity contribution in [2.45, 2.75) is 36.9 Å². The van der Waals surface area contributed by atoms with Gasteiger partial charge in [-0.25, -0.2) is 8.78 Å². The minimum Gasteiger partial charge on any atom is -0.371 e. The maximum atomic E-state index is 15.6. The highest BCUT2D eigenvalue weighted by Crippen LogP contribution is 2.50. The number of hydrogen-bond donors (Lipinski definition) is 2. The average molecular weight is 449 g/mol. The Bertz CT molecular complexity index is 1340. The van der Waals surface area contributed by atoms with Crippen LogP contribution in [0.2, 0.25) is 0 Å². The van der Waals surface area contributed by atoms with Crippen LogP contribution in [0, 0.1) is 0 Å². The summed E-state index contributed by atoms with van der Waals surface area (Å²) in [4.78, 5) is 1.72. The number of aromatic nitrogens is 2. The molecule has 6 rings (SSSR count). The third kappa shape index (κ3) is 2.85. The van der Waals surface area contributed by atoms with Crippen LogP contribution < -0.4 is 10.2 Å². The first-order valence-corrected chi connectivity index (χ1v) is 11.3. The predicted molar refractivity (Wildman–Crippen MR) is 124 cm³/mol. The molecule has 2 aromatic carbocycles. The van der Waals surface area contributed by atoms with Gasteiger partial charge in [0.1, 0.15) is 17.9 Å². The summed E-state index contributed by atoms with van der Waals surface area (Å²) in [5.41, 5.74) is 2.07. The number of aliphatic hydroxyl groups is 1. The second kappa shape index (κ2) is 6.98. The highest BCUT2D eigenvalue weighted by atomic mass is 19.1. The fraction of sp³-hybridized carbons (Fsp3) is 0.346. The van der Waals surface area contributed by atoms with Crippen molar-refractivity contribution in [3.63, 3.8) is 0 Å². The van der Waals surface area contributed by atoms with Crippen molar-refractivity contribution in [3.8, 4) is 0 Å². The SMILES string of the molecule is Cn1cc2c(C3(C)C=C(F)C(CN4c5ccccc5C5(CCN5)C4O)=C(F)C3)cccc2n1. The number of aliphatic hydroxyl groups excluding tert-OH is 1. The largest absolute Gasteiger partial charge is 0.371 e. The van der Waals surface area contributed by atoms with Gasteiger partial charge >= 0.3 is 0 Å². The zero-order chi connectivity index (χ0) is 23.0. The fourth-order valence-electron chi connectivity index (χ4n) is 5.80. The van der Waals surface area contributed by atoms with Gasteiger partial charge in [-0.3, -0.25) is 4.68 Å². The lowest BCUT2D eigenvalue weighted by atomic mass is 9.74. The quantitative estimate of drug-likeness (QED) is 0.626. The van der Waals surface area contributed by atoms with E-state index >= 15 is 8.78 Å². The van der Waals surface area contributed by atoms with E-state index in [1.54, 1.807) is 9.58 Å². The maximum Gasteiger partial charge on any atom is 0.149 e. The molecule has 1 saturated heterocycles. The Hall–Kier alpha value is -3.03. The molecule has 0 amide bonds. The van der Waals surface area contributed by atoms with Gasteiger partial charge in [0.25, 0.3) is 0 Å². The van der Waals surface area contributed by atoms with Crippen LogP contribution in [0.15, 0.2) is 72.0 Å². The van der Waals surface area contributed by atoms with Crippen molar-refractivity contribution in [3.05, 3.63) is 83.1 Å². The molecule has 0 saturated carbocycles. The Labute approximate surface area is 191 Å². The van der Waals surface area contributed by atoms with Crippen LogP contribution in [0.1, 0.15) is 30.9 Å². The number of nitrogens with zero attached hydrogens (tertiary/aromatic N) is 3. The van der Waals surface area contributed by atoms with Gasteiger partial charge < -0.3 is 15.3 Å². The molecule has 0 bridgehead atoms. The van der Waals surface area contributed by atoms with E-state index in [-0.39, 0.29) is 18.5 Å². The summed E-state index contributed by atoms with van der Waals surface area (Å²) in [5.74, 6) is -1.06. The second-order valence-corrected chi connectivity index (χ2v) is 9.68. The maximum absolute atomic E-state index is 15.6. The standard InChI is InChI=1S/C26H26F2N4O/c1-25(18-7-5-8-22-16(18)14-31(2)30-22)12-20(27)17(21(28)13-25)15-32-23-9-4-3-6-19(23)26(24(32)33)10-11-29-26/h3-9,12,14,24,29,33H,10-11,13,15H2,1-2H3. The van der Waals surface area contributed by atoms with Crippen LogP contribution >= 0.6 is 0 Å². The normalized spacial score (nSPS) is 28.9. The van der Waals surface area contributed by atoms with E-state index in [9.17, 15) is 5.11 Å². The summed E-state index contributed by atoms with van der Waals surface area (Å²) in [6, 6.07) is 13.4. The molecule has 2 aliphatic heterocycles. The van der Waals surface area contributed by atoms with Crippen LogP contribution in [-0.4, -0.2) is 34.2 Å². The van der Waals surface area contributed by atoms with Crippen LogP contribution in [0.5, 0.6) is 0 Å². The lowest BCUT2D eigenvalue weighted by molar-refractivity contribution is 0.0247. The molecule has 3 unspecified atom stereocenters. The molecule has 3 heterocycles. The lowest BCUT2D eigenvalue weighted by Crippen LogP contribution is -2.62. The third-order valence-corrected chi connectivity index (χ3v) is 7.58. The molecule has 0 radical (unpaired) electrons. The van der Waals surface area contributed by atoms with E-state index in [1.807, 2.05) is 62.6 Å². The van der Waals surface area contributed by atoms with E-state index in [0.717, 1.165) is 40.7 Å². The van der Waals surface area contributed by atoms with Gasteiger partial charge in [-0.15, -0.1) is 0 Å². The highest BCUT2D eigenvalue weighted by Gasteiger charge is 2.54. The van der Waals surface area contributed by atoms with Gasteiger partial charge in [0.2, 0.25) is 0 Å². The van der Waals surface area contributed by atoms with E-state index < -0.39 is 28.8 Å². The van der Waals surface area contributed by atoms with Crippen LogP contribution in [0.25, 0.3) is 10.9 Å². The average Bonchev–Trinajstić information content (AvgIpc) is 3.24. The lowest BCUT2D eigenvalue weighted by Gasteiger charge is -2.44. The van der Waals surface area contributed by atoms with E-state index in [4.69, 9.17) is 0 Å². The zero-order valence-electron chi connectivity index (χ0n) is 18.6. The van der Waals surface area contributed by atoms with Crippen molar-refractivity contribution in [2.75, 3.05) is 18.0 Å². The molecule has 1 spiro atoms. The van der Waals surface area contributed by atoms with Gasteiger partial charge in [0.15, 0.2) is 0 Å². The Morgan fingerprint density at radius 2 is 1.91 bits per heavy atom. The molecule has 1 aliphatic carbocycles. The highest BCUT2D eigenvalue weighted by molar-refractivity contribution is 5.83. The molecule has 3 aromatic rings. The van der Waals surface area contributed by atoms with Crippen LogP contribution in [0.4, 0.5) is 14.5 Å². The first kappa shape index (κ1) is 20.6. The summed E-state index contributed by atoms with van der Waals surface area (Å²) >= 11 is 0. The molecule has 3 aliphatic rings.